The Bertz CT molecular complexity index is 317. The van der Waals surface area contributed by atoms with Crippen LogP contribution in [0.5, 0.6) is 0 Å². The van der Waals surface area contributed by atoms with Gasteiger partial charge in [0.2, 0.25) is 0 Å². The molecule has 0 spiro atoms. The average molecular weight is 213 g/mol. The van der Waals surface area contributed by atoms with Gasteiger partial charge in [-0.2, -0.15) is 12.6 Å². The number of nitro groups is 1. The fourth-order valence-corrected chi connectivity index (χ4v) is 1.28. The number of hydrogen-bond donors (Lipinski definition) is 1. The Balaban J connectivity index is 2.69. The quantitative estimate of drug-likeness (QED) is 0.268. The molecule has 76 valence electrons. The lowest BCUT2D eigenvalue weighted by molar-refractivity contribution is -0.385. The average Bonchev–Trinajstić information content (AvgIpc) is 2.19. The van der Waals surface area contributed by atoms with Crippen LogP contribution in [0.2, 0.25) is 0 Å². The molecule has 0 unspecified atom stereocenters. The van der Waals surface area contributed by atoms with Crippen LogP contribution in [0.1, 0.15) is 5.56 Å². The van der Waals surface area contributed by atoms with E-state index in [2.05, 4.69) is 12.6 Å². The van der Waals surface area contributed by atoms with Crippen LogP contribution in [-0.2, 0) is 11.2 Å². The van der Waals surface area contributed by atoms with E-state index in [4.69, 9.17) is 4.74 Å². The maximum absolute atomic E-state index is 10.6. The molecule has 0 N–H and O–H groups in total. The van der Waals surface area contributed by atoms with Crippen LogP contribution in [0, 0.1) is 10.1 Å². The molecule has 0 aliphatic heterocycles. The maximum atomic E-state index is 10.6. The number of nitrogens with zero attached hydrogens (tertiary/aromatic N) is 1. The zero-order valence-corrected chi connectivity index (χ0v) is 8.44. The Morgan fingerprint density at radius 1 is 1.43 bits per heavy atom. The van der Waals surface area contributed by atoms with Gasteiger partial charge in [-0.1, -0.05) is 18.2 Å². The molecule has 0 aliphatic carbocycles. The number of thiol groups is 1. The molecule has 4 nitrogen and oxygen atoms in total. The van der Waals surface area contributed by atoms with Crippen LogP contribution in [0.25, 0.3) is 0 Å². The second-order valence-electron chi connectivity index (χ2n) is 2.67. The van der Waals surface area contributed by atoms with Gasteiger partial charge in [0.25, 0.3) is 5.69 Å². The van der Waals surface area contributed by atoms with Crippen molar-refractivity contribution in [1.29, 1.82) is 0 Å². The summed E-state index contributed by atoms with van der Waals surface area (Å²) < 4.78 is 5.01. The molecule has 0 aromatic heterocycles. The predicted molar refractivity (Wildman–Crippen MR) is 56.6 cm³/mol. The molecule has 0 saturated carbocycles. The topological polar surface area (TPSA) is 52.4 Å². The van der Waals surface area contributed by atoms with Crippen LogP contribution >= 0.6 is 12.6 Å². The van der Waals surface area contributed by atoms with E-state index in [0.29, 0.717) is 24.5 Å². The predicted octanol–water partition coefficient (Wildman–Crippen LogP) is 2.04. The minimum atomic E-state index is -0.379. The summed E-state index contributed by atoms with van der Waals surface area (Å²) in [6.45, 7) is 0.453. The van der Waals surface area contributed by atoms with Crippen molar-refractivity contribution >= 4 is 18.3 Å². The number of nitro benzene ring substituents is 1. The van der Waals surface area contributed by atoms with Gasteiger partial charge in [-0.25, -0.2) is 0 Å². The summed E-state index contributed by atoms with van der Waals surface area (Å²) in [5, 5.41) is 10.6. The monoisotopic (exact) mass is 213 g/mol. The van der Waals surface area contributed by atoms with Gasteiger partial charge in [-0.15, -0.1) is 0 Å². The third kappa shape index (κ3) is 3.01. The normalized spacial score (nSPS) is 10.1. The summed E-state index contributed by atoms with van der Waals surface area (Å²) in [4.78, 5) is 10.2. The first kappa shape index (κ1) is 11.0. The number of benzene rings is 1. The molecule has 0 bridgehead atoms. The minimum absolute atomic E-state index is 0.148. The molecule has 0 amide bonds. The van der Waals surface area contributed by atoms with Crippen molar-refractivity contribution in [3.63, 3.8) is 0 Å². The molecule has 1 aromatic rings. The van der Waals surface area contributed by atoms with E-state index in [1.165, 1.54) is 6.07 Å². The molecule has 1 aromatic carbocycles. The third-order valence-electron chi connectivity index (χ3n) is 1.80. The summed E-state index contributed by atoms with van der Waals surface area (Å²) in [5.74, 6) is 0.334. The second-order valence-corrected chi connectivity index (χ2v) is 2.93. The van der Waals surface area contributed by atoms with Crippen molar-refractivity contribution in [1.82, 2.24) is 0 Å². The first-order chi connectivity index (χ1) is 6.75. The van der Waals surface area contributed by atoms with Crippen molar-refractivity contribution < 1.29 is 9.66 Å². The Morgan fingerprint density at radius 2 is 2.14 bits per heavy atom. The summed E-state index contributed by atoms with van der Waals surface area (Å²) in [5.41, 5.74) is 0.842. The highest BCUT2D eigenvalue weighted by atomic mass is 32.1. The molecule has 0 saturated heterocycles. The highest BCUT2D eigenvalue weighted by Crippen LogP contribution is 2.17. The minimum Gasteiger partial charge on any atom is -0.371 e. The maximum Gasteiger partial charge on any atom is 0.272 e. The molecule has 14 heavy (non-hydrogen) atoms. The van der Waals surface area contributed by atoms with Gasteiger partial charge in [0.05, 0.1) is 17.5 Å². The van der Waals surface area contributed by atoms with E-state index >= 15 is 0 Å². The Labute approximate surface area is 87.4 Å². The van der Waals surface area contributed by atoms with Gasteiger partial charge >= 0.3 is 0 Å². The van der Waals surface area contributed by atoms with E-state index < -0.39 is 0 Å². The Morgan fingerprint density at radius 3 is 2.79 bits per heavy atom. The molecule has 0 atom stereocenters. The molecule has 5 heteroatoms. The largest absolute Gasteiger partial charge is 0.371 e. The molecular formula is C9H11NO3S. The first-order valence-electron chi connectivity index (χ1n) is 4.16. The molecule has 0 fully saturated rings. The fourth-order valence-electron chi connectivity index (χ4n) is 1.15. The van der Waals surface area contributed by atoms with E-state index in [9.17, 15) is 10.1 Å². The number of para-hydroxylation sites is 1. The van der Waals surface area contributed by atoms with Crippen LogP contribution < -0.4 is 0 Å². The van der Waals surface area contributed by atoms with Crippen LogP contribution in [0.4, 0.5) is 5.69 Å². The van der Waals surface area contributed by atoms with Crippen molar-refractivity contribution in [3.05, 3.63) is 39.9 Å². The number of ether oxygens (including phenoxy) is 1. The molecule has 1 rings (SSSR count). The highest BCUT2D eigenvalue weighted by Gasteiger charge is 2.11. The highest BCUT2D eigenvalue weighted by molar-refractivity contribution is 7.80. The van der Waals surface area contributed by atoms with E-state index in [1.54, 1.807) is 18.2 Å². The molecule has 0 radical (unpaired) electrons. The summed E-state index contributed by atoms with van der Waals surface area (Å²) >= 11 is 3.88. The van der Waals surface area contributed by atoms with Gasteiger partial charge < -0.3 is 4.74 Å². The lowest BCUT2D eigenvalue weighted by Gasteiger charge is -2.02. The lowest BCUT2D eigenvalue weighted by atomic mass is 10.1. The second kappa shape index (κ2) is 5.62. The summed E-state index contributed by atoms with van der Waals surface area (Å²) in [6, 6.07) is 6.67. The van der Waals surface area contributed by atoms with Crippen LogP contribution in [-0.4, -0.2) is 17.5 Å². The van der Waals surface area contributed by atoms with Gasteiger partial charge in [0.1, 0.15) is 0 Å². The smallest absolute Gasteiger partial charge is 0.272 e. The number of rotatable bonds is 5. The van der Waals surface area contributed by atoms with Crippen molar-refractivity contribution in [2.24, 2.45) is 0 Å². The Hall–Kier alpha value is -1.07. The molecule has 0 aliphatic rings. The van der Waals surface area contributed by atoms with Crippen molar-refractivity contribution in [2.45, 2.75) is 6.42 Å². The van der Waals surface area contributed by atoms with Gasteiger partial charge in [0.15, 0.2) is 0 Å². The van der Waals surface area contributed by atoms with Gasteiger partial charge in [-0.05, 0) is 0 Å². The zero-order valence-electron chi connectivity index (χ0n) is 7.55. The molecular weight excluding hydrogens is 202 g/mol. The van der Waals surface area contributed by atoms with Crippen molar-refractivity contribution in [2.75, 3.05) is 12.5 Å². The van der Waals surface area contributed by atoms with Gasteiger partial charge in [0, 0.05) is 18.1 Å². The lowest BCUT2D eigenvalue weighted by Crippen LogP contribution is -2.00. The zero-order chi connectivity index (χ0) is 10.4. The van der Waals surface area contributed by atoms with Crippen LogP contribution in [0.15, 0.2) is 24.3 Å². The van der Waals surface area contributed by atoms with E-state index in [1.807, 2.05) is 0 Å². The third-order valence-corrected chi connectivity index (χ3v) is 1.98. The number of hydrogen-bond acceptors (Lipinski definition) is 4. The van der Waals surface area contributed by atoms with Crippen molar-refractivity contribution in [3.8, 4) is 0 Å². The summed E-state index contributed by atoms with van der Waals surface area (Å²) in [7, 11) is 0. The first-order valence-corrected chi connectivity index (χ1v) is 4.80. The van der Waals surface area contributed by atoms with E-state index in [0.717, 1.165) is 0 Å². The van der Waals surface area contributed by atoms with Gasteiger partial charge in [-0.3, -0.25) is 10.1 Å². The van der Waals surface area contributed by atoms with Crippen LogP contribution in [0.3, 0.4) is 0 Å². The fraction of sp³-hybridized carbons (Fsp3) is 0.333. The standard InChI is InChI=1S/C9H11NO3S/c11-10(12)9-4-2-1-3-8(9)5-6-13-7-14/h1-4,14H,5-7H2. The Kier molecular flexibility index (Phi) is 4.42. The molecule has 0 heterocycles. The van der Waals surface area contributed by atoms with E-state index in [-0.39, 0.29) is 10.6 Å². The summed E-state index contributed by atoms with van der Waals surface area (Å²) in [6.07, 6.45) is 0.539. The SMILES string of the molecule is O=[N+]([O-])c1ccccc1CCOCS.